The first-order valence-electron chi connectivity index (χ1n) is 7.68. The van der Waals surface area contributed by atoms with Gasteiger partial charge in [-0.05, 0) is 63.1 Å². The van der Waals surface area contributed by atoms with Crippen molar-refractivity contribution in [2.45, 2.75) is 38.1 Å². The molecule has 4 nitrogen and oxygen atoms in total. The maximum atomic E-state index is 13.2. The highest BCUT2D eigenvalue weighted by atomic mass is 32.2. The summed E-state index contributed by atoms with van der Waals surface area (Å²) in [4.78, 5) is 0.341. The third-order valence-corrected chi connectivity index (χ3v) is 6.01. The van der Waals surface area contributed by atoms with Crippen molar-refractivity contribution < 1.29 is 8.42 Å². The predicted octanol–water partition coefficient (Wildman–Crippen LogP) is 3.70. The van der Waals surface area contributed by atoms with Crippen LogP contribution in [0.3, 0.4) is 0 Å². The van der Waals surface area contributed by atoms with Gasteiger partial charge in [-0.25, -0.2) is 8.42 Å². The first-order chi connectivity index (χ1) is 10.7. The molecule has 23 heavy (non-hydrogen) atoms. The van der Waals surface area contributed by atoms with Gasteiger partial charge in [-0.15, -0.1) is 0 Å². The minimum Gasteiger partial charge on any atom is -0.377 e. The Balaban J connectivity index is 2.14. The van der Waals surface area contributed by atoms with Crippen LogP contribution in [0.4, 0.5) is 11.4 Å². The number of hydrogen-bond acceptors (Lipinski definition) is 3. The molecule has 0 bridgehead atoms. The van der Waals surface area contributed by atoms with Crippen LogP contribution in [-0.2, 0) is 10.0 Å². The SMILES string of the molecule is Cc1ccc(S(=O)(=O)N2CC(C)(C)Nc3ccccc32)cc1C. The average molecular weight is 330 g/mol. The third-order valence-electron chi connectivity index (χ3n) is 4.25. The van der Waals surface area contributed by atoms with Crippen molar-refractivity contribution in [1.82, 2.24) is 0 Å². The molecule has 0 radical (unpaired) electrons. The molecule has 0 aromatic heterocycles. The van der Waals surface area contributed by atoms with Crippen molar-refractivity contribution in [2.24, 2.45) is 0 Å². The lowest BCUT2D eigenvalue weighted by Gasteiger charge is -2.41. The number of nitrogens with one attached hydrogen (secondary N) is 1. The van der Waals surface area contributed by atoms with Crippen molar-refractivity contribution in [3.63, 3.8) is 0 Å². The second-order valence-corrected chi connectivity index (χ2v) is 8.65. The third kappa shape index (κ3) is 2.81. The molecule has 0 fully saturated rings. The van der Waals surface area contributed by atoms with Gasteiger partial charge in [0.05, 0.1) is 28.4 Å². The number of hydrogen-bond donors (Lipinski definition) is 1. The lowest BCUT2D eigenvalue weighted by molar-refractivity contribution is 0.543. The largest absolute Gasteiger partial charge is 0.377 e. The summed E-state index contributed by atoms with van der Waals surface area (Å²) >= 11 is 0. The summed E-state index contributed by atoms with van der Waals surface area (Å²) in [5.74, 6) is 0. The molecule has 3 rings (SSSR count). The van der Waals surface area contributed by atoms with Crippen molar-refractivity contribution in [1.29, 1.82) is 0 Å². The summed E-state index contributed by atoms with van der Waals surface area (Å²) in [6.07, 6.45) is 0. The number of nitrogens with zero attached hydrogens (tertiary/aromatic N) is 1. The predicted molar refractivity (Wildman–Crippen MR) is 94.6 cm³/mol. The molecule has 0 spiro atoms. The van der Waals surface area contributed by atoms with Gasteiger partial charge in [0, 0.05) is 0 Å². The van der Waals surface area contributed by atoms with E-state index in [4.69, 9.17) is 0 Å². The summed E-state index contributed by atoms with van der Waals surface area (Å²) in [6, 6.07) is 12.8. The second-order valence-electron chi connectivity index (χ2n) is 6.78. The molecule has 0 atom stereocenters. The monoisotopic (exact) mass is 330 g/mol. The highest BCUT2D eigenvalue weighted by Crippen LogP contribution is 2.37. The van der Waals surface area contributed by atoms with Gasteiger partial charge in [-0.3, -0.25) is 4.31 Å². The Kier molecular flexibility index (Phi) is 3.64. The molecule has 2 aromatic rings. The molecule has 0 amide bonds. The Morgan fingerprint density at radius 3 is 2.43 bits per heavy atom. The maximum absolute atomic E-state index is 13.2. The van der Waals surface area contributed by atoms with E-state index in [-0.39, 0.29) is 5.54 Å². The summed E-state index contributed by atoms with van der Waals surface area (Å²) in [7, 11) is -3.59. The van der Waals surface area contributed by atoms with Gasteiger partial charge >= 0.3 is 0 Å². The van der Waals surface area contributed by atoms with E-state index < -0.39 is 10.0 Å². The van der Waals surface area contributed by atoms with Gasteiger partial charge in [-0.2, -0.15) is 0 Å². The highest BCUT2D eigenvalue weighted by Gasteiger charge is 2.36. The van der Waals surface area contributed by atoms with E-state index >= 15 is 0 Å². The van der Waals surface area contributed by atoms with Crippen LogP contribution in [0.2, 0.25) is 0 Å². The Hall–Kier alpha value is -2.01. The zero-order valence-electron chi connectivity index (χ0n) is 13.9. The number of para-hydroxylation sites is 2. The standard InChI is InChI=1S/C18H22N2O2S/c1-13-9-10-15(11-14(13)2)23(21,22)20-12-18(3,4)19-16-7-5-6-8-17(16)20/h5-11,19H,12H2,1-4H3. The molecule has 1 heterocycles. The molecule has 0 saturated carbocycles. The maximum Gasteiger partial charge on any atom is 0.264 e. The second kappa shape index (κ2) is 5.27. The molecule has 2 aromatic carbocycles. The van der Waals surface area contributed by atoms with Gasteiger partial charge in [0.15, 0.2) is 0 Å². The molecule has 0 unspecified atom stereocenters. The quantitative estimate of drug-likeness (QED) is 0.913. The summed E-state index contributed by atoms with van der Waals surface area (Å²) in [5, 5.41) is 3.40. The van der Waals surface area contributed by atoms with E-state index in [1.165, 1.54) is 4.31 Å². The lowest BCUT2D eigenvalue weighted by atomic mass is 10.0. The van der Waals surface area contributed by atoms with E-state index in [0.717, 1.165) is 16.8 Å². The smallest absolute Gasteiger partial charge is 0.264 e. The molecule has 0 aliphatic carbocycles. The molecule has 1 aliphatic rings. The Bertz CT molecular complexity index is 857. The van der Waals surface area contributed by atoms with E-state index in [1.54, 1.807) is 12.1 Å². The molecule has 1 N–H and O–H groups in total. The molecular formula is C18H22N2O2S. The number of rotatable bonds is 2. The van der Waals surface area contributed by atoms with Gasteiger partial charge in [-0.1, -0.05) is 18.2 Å². The van der Waals surface area contributed by atoms with Crippen LogP contribution in [0.15, 0.2) is 47.4 Å². The highest BCUT2D eigenvalue weighted by molar-refractivity contribution is 7.92. The Morgan fingerprint density at radius 1 is 1.04 bits per heavy atom. The van der Waals surface area contributed by atoms with Crippen LogP contribution in [-0.4, -0.2) is 20.5 Å². The van der Waals surface area contributed by atoms with Crippen LogP contribution in [0, 0.1) is 13.8 Å². The van der Waals surface area contributed by atoms with E-state index in [0.29, 0.717) is 17.1 Å². The number of benzene rings is 2. The fourth-order valence-electron chi connectivity index (χ4n) is 2.86. The lowest BCUT2D eigenvalue weighted by Crippen LogP contribution is -2.50. The molecule has 1 aliphatic heterocycles. The van der Waals surface area contributed by atoms with Crippen molar-refractivity contribution >= 4 is 21.4 Å². The number of fused-ring (bicyclic) bond motifs is 1. The topological polar surface area (TPSA) is 49.4 Å². The van der Waals surface area contributed by atoms with E-state index in [2.05, 4.69) is 5.32 Å². The van der Waals surface area contributed by atoms with Crippen LogP contribution >= 0.6 is 0 Å². The Labute approximate surface area is 138 Å². The van der Waals surface area contributed by atoms with Crippen LogP contribution in [0.5, 0.6) is 0 Å². The van der Waals surface area contributed by atoms with E-state index in [9.17, 15) is 8.42 Å². The average Bonchev–Trinajstić information content (AvgIpc) is 2.48. The molecule has 5 heteroatoms. The Morgan fingerprint density at radius 2 is 1.74 bits per heavy atom. The fraction of sp³-hybridized carbons (Fsp3) is 0.333. The summed E-state index contributed by atoms with van der Waals surface area (Å²) in [6.45, 7) is 8.32. The normalized spacial score (nSPS) is 16.6. The minimum atomic E-state index is -3.59. The zero-order chi connectivity index (χ0) is 16.8. The fourth-order valence-corrected chi connectivity index (χ4v) is 4.59. The first kappa shape index (κ1) is 15.9. The van der Waals surface area contributed by atoms with Gasteiger partial charge in [0.25, 0.3) is 10.0 Å². The minimum absolute atomic E-state index is 0.332. The van der Waals surface area contributed by atoms with Gasteiger partial charge in [0.2, 0.25) is 0 Å². The van der Waals surface area contributed by atoms with E-state index in [1.807, 2.05) is 58.0 Å². The van der Waals surface area contributed by atoms with Crippen LogP contribution < -0.4 is 9.62 Å². The summed E-state index contributed by atoms with van der Waals surface area (Å²) < 4.78 is 27.9. The number of anilines is 2. The first-order valence-corrected chi connectivity index (χ1v) is 9.12. The zero-order valence-corrected chi connectivity index (χ0v) is 14.7. The summed E-state index contributed by atoms with van der Waals surface area (Å²) in [5.41, 5.74) is 3.28. The van der Waals surface area contributed by atoms with Crippen molar-refractivity contribution in [3.8, 4) is 0 Å². The van der Waals surface area contributed by atoms with Crippen molar-refractivity contribution in [2.75, 3.05) is 16.2 Å². The van der Waals surface area contributed by atoms with Gasteiger partial charge in [0.1, 0.15) is 0 Å². The van der Waals surface area contributed by atoms with Crippen LogP contribution in [0.1, 0.15) is 25.0 Å². The van der Waals surface area contributed by atoms with Crippen molar-refractivity contribution in [3.05, 3.63) is 53.6 Å². The molecule has 122 valence electrons. The number of aryl methyl sites for hydroxylation is 2. The van der Waals surface area contributed by atoms with Crippen LogP contribution in [0.25, 0.3) is 0 Å². The van der Waals surface area contributed by atoms with Gasteiger partial charge < -0.3 is 5.32 Å². The molecule has 0 saturated heterocycles. The molecular weight excluding hydrogens is 308 g/mol. The number of sulfonamides is 1.